The van der Waals surface area contributed by atoms with Crippen LogP contribution in [0, 0.1) is 0 Å². The van der Waals surface area contributed by atoms with Crippen molar-refractivity contribution in [3.8, 4) is 0 Å². The Bertz CT molecular complexity index is 987. The Labute approximate surface area is 176 Å². The molecule has 1 aliphatic heterocycles. The Balaban J connectivity index is 2.00. The molecule has 3 rings (SSSR count). The van der Waals surface area contributed by atoms with Gasteiger partial charge in [-0.05, 0) is 43.2 Å². The topological polar surface area (TPSA) is 82.6 Å². The van der Waals surface area contributed by atoms with Crippen LogP contribution in [0.1, 0.15) is 37.2 Å². The van der Waals surface area contributed by atoms with Crippen LogP contribution in [0.5, 0.6) is 0 Å². The van der Waals surface area contributed by atoms with Crippen LogP contribution in [0.15, 0.2) is 41.4 Å². The Morgan fingerprint density at radius 3 is 2.48 bits per heavy atom. The average Bonchev–Trinajstić information content (AvgIpc) is 3.23. The quantitative estimate of drug-likeness (QED) is 0.716. The van der Waals surface area contributed by atoms with Gasteiger partial charge in [0.05, 0.1) is 16.3 Å². The fourth-order valence-electron chi connectivity index (χ4n) is 3.44. The summed E-state index contributed by atoms with van der Waals surface area (Å²) in [6, 6.07) is 7.97. The molecule has 0 aliphatic carbocycles. The standard InChI is InChI=1S/C20H25ClN4O3S/c1-3-25(4-2)29(27,28)16-7-8-19(24-11-5-6-12-24)17(14-16)23-20(26)18-13-15(21)9-10-22-18/h7-10,13-14H,3-6,11-12H2,1-2H3,(H,23,26). The SMILES string of the molecule is CCN(CC)S(=O)(=O)c1ccc(N2CCCC2)c(NC(=O)c2cc(Cl)ccn2)c1. The molecule has 1 amide bonds. The van der Waals surface area contributed by atoms with E-state index in [1.165, 1.54) is 22.6 Å². The molecule has 0 bridgehead atoms. The second-order valence-electron chi connectivity index (χ2n) is 6.78. The highest BCUT2D eigenvalue weighted by Gasteiger charge is 2.25. The Kier molecular flexibility index (Phi) is 6.77. The van der Waals surface area contributed by atoms with E-state index in [0.29, 0.717) is 23.8 Å². The molecule has 1 fully saturated rings. The van der Waals surface area contributed by atoms with Crippen LogP contribution >= 0.6 is 11.6 Å². The summed E-state index contributed by atoms with van der Waals surface area (Å²) in [5, 5.41) is 3.24. The number of anilines is 2. The van der Waals surface area contributed by atoms with Crippen molar-refractivity contribution in [3.05, 3.63) is 47.2 Å². The lowest BCUT2D eigenvalue weighted by molar-refractivity contribution is 0.102. The molecule has 0 unspecified atom stereocenters. The van der Waals surface area contributed by atoms with Gasteiger partial charge in [-0.1, -0.05) is 25.4 Å². The minimum atomic E-state index is -3.64. The number of pyridine rings is 1. The number of hydrogen-bond donors (Lipinski definition) is 1. The van der Waals surface area contributed by atoms with E-state index in [0.717, 1.165) is 31.6 Å². The molecule has 2 heterocycles. The lowest BCUT2D eigenvalue weighted by Gasteiger charge is -2.24. The first kappa shape index (κ1) is 21.5. The van der Waals surface area contributed by atoms with Gasteiger partial charge in [-0.2, -0.15) is 4.31 Å². The number of rotatable bonds is 7. The van der Waals surface area contributed by atoms with Crippen molar-refractivity contribution in [1.29, 1.82) is 0 Å². The molecule has 2 aromatic rings. The summed E-state index contributed by atoms with van der Waals surface area (Å²) in [7, 11) is -3.64. The summed E-state index contributed by atoms with van der Waals surface area (Å²) >= 11 is 5.97. The van der Waals surface area contributed by atoms with E-state index >= 15 is 0 Å². The fraction of sp³-hybridized carbons (Fsp3) is 0.400. The first-order chi connectivity index (χ1) is 13.9. The van der Waals surface area contributed by atoms with Crippen LogP contribution < -0.4 is 10.2 Å². The molecule has 1 saturated heterocycles. The fourth-order valence-corrected chi connectivity index (χ4v) is 5.08. The number of carbonyl (C=O) groups is 1. The summed E-state index contributed by atoms with van der Waals surface area (Å²) in [5.74, 6) is -0.440. The van der Waals surface area contributed by atoms with Gasteiger partial charge in [-0.25, -0.2) is 8.42 Å². The van der Waals surface area contributed by atoms with Crippen molar-refractivity contribution in [3.63, 3.8) is 0 Å². The molecule has 9 heteroatoms. The van der Waals surface area contributed by atoms with Gasteiger partial charge in [0.25, 0.3) is 5.91 Å². The summed E-state index contributed by atoms with van der Waals surface area (Å²) in [5.41, 5.74) is 1.42. The second kappa shape index (κ2) is 9.11. The number of hydrogen-bond acceptors (Lipinski definition) is 5. The molecule has 0 saturated carbocycles. The van der Waals surface area contributed by atoms with Gasteiger partial charge < -0.3 is 10.2 Å². The van der Waals surface area contributed by atoms with Gasteiger partial charge >= 0.3 is 0 Å². The molecule has 1 aromatic heterocycles. The van der Waals surface area contributed by atoms with Crippen molar-refractivity contribution in [2.75, 3.05) is 36.4 Å². The van der Waals surface area contributed by atoms with Crippen LogP contribution in [-0.4, -0.2) is 49.8 Å². The second-order valence-corrected chi connectivity index (χ2v) is 9.15. The number of sulfonamides is 1. The van der Waals surface area contributed by atoms with E-state index in [-0.39, 0.29) is 10.6 Å². The van der Waals surface area contributed by atoms with Gasteiger partial charge in [-0.15, -0.1) is 0 Å². The maximum Gasteiger partial charge on any atom is 0.274 e. The summed E-state index contributed by atoms with van der Waals surface area (Å²) < 4.78 is 27.3. The number of benzene rings is 1. The number of halogens is 1. The van der Waals surface area contributed by atoms with E-state index in [1.807, 2.05) is 0 Å². The normalized spacial score (nSPS) is 14.4. The zero-order valence-corrected chi connectivity index (χ0v) is 18.1. The molecule has 0 radical (unpaired) electrons. The summed E-state index contributed by atoms with van der Waals surface area (Å²) in [6.07, 6.45) is 3.57. The lowest BCUT2D eigenvalue weighted by atomic mass is 10.2. The summed E-state index contributed by atoms with van der Waals surface area (Å²) in [4.78, 5) is 19.1. The zero-order valence-electron chi connectivity index (χ0n) is 16.6. The molecule has 1 aromatic carbocycles. The molecule has 0 atom stereocenters. The third-order valence-corrected chi connectivity index (χ3v) is 7.24. The van der Waals surface area contributed by atoms with Crippen molar-refractivity contribution in [2.45, 2.75) is 31.6 Å². The third-order valence-electron chi connectivity index (χ3n) is 4.96. The van der Waals surface area contributed by atoms with Gasteiger partial charge in [-0.3, -0.25) is 9.78 Å². The molecule has 29 heavy (non-hydrogen) atoms. The minimum Gasteiger partial charge on any atom is -0.370 e. The maximum atomic E-state index is 12.9. The van der Waals surface area contributed by atoms with E-state index in [2.05, 4.69) is 15.2 Å². The van der Waals surface area contributed by atoms with Gasteiger partial charge in [0.1, 0.15) is 5.69 Å². The van der Waals surface area contributed by atoms with E-state index in [1.54, 1.807) is 32.0 Å². The van der Waals surface area contributed by atoms with Gasteiger partial charge in [0, 0.05) is 37.4 Å². The highest BCUT2D eigenvalue weighted by molar-refractivity contribution is 7.89. The van der Waals surface area contributed by atoms with Gasteiger partial charge in [0.15, 0.2) is 0 Å². The predicted molar refractivity (Wildman–Crippen MR) is 115 cm³/mol. The van der Waals surface area contributed by atoms with Crippen LogP contribution in [0.25, 0.3) is 0 Å². The monoisotopic (exact) mass is 436 g/mol. The number of carbonyl (C=O) groups excluding carboxylic acids is 1. The van der Waals surface area contributed by atoms with Crippen LogP contribution in [0.2, 0.25) is 5.02 Å². The predicted octanol–water partition coefficient (Wildman–Crippen LogP) is 3.62. The Morgan fingerprint density at radius 1 is 1.17 bits per heavy atom. The van der Waals surface area contributed by atoms with Crippen molar-refractivity contribution in [2.24, 2.45) is 0 Å². The first-order valence-corrected chi connectivity index (χ1v) is 11.5. The smallest absolute Gasteiger partial charge is 0.274 e. The van der Waals surface area contributed by atoms with Crippen molar-refractivity contribution < 1.29 is 13.2 Å². The maximum absolute atomic E-state index is 12.9. The average molecular weight is 437 g/mol. The highest BCUT2D eigenvalue weighted by Crippen LogP contribution is 2.32. The Hall–Kier alpha value is -2.16. The van der Waals surface area contributed by atoms with E-state index in [9.17, 15) is 13.2 Å². The molecular weight excluding hydrogens is 412 g/mol. The van der Waals surface area contributed by atoms with Crippen molar-refractivity contribution >= 4 is 38.9 Å². The summed E-state index contributed by atoms with van der Waals surface area (Å²) in [6.45, 7) is 6.07. The molecule has 1 aliphatic rings. The molecule has 156 valence electrons. The number of amides is 1. The highest BCUT2D eigenvalue weighted by atomic mass is 35.5. The van der Waals surface area contributed by atoms with E-state index < -0.39 is 15.9 Å². The zero-order chi connectivity index (χ0) is 21.0. The Morgan fingerprint density at radius 2 is 1.86 bits per heavy atom. The molecule has 0 spiro atoms. The number of nitrogens with zero attached hydrogens (tertiary/aromatic N) is 3. The van der Waals surface area contributed by atoms with Crippen LogP contribution in [-0.2, 0) is 10.0 Å². The third kappa shape index (κ3) is 4.71. The lowest BCUT2D eigenvalue weighted by Crippen LogP contribution is -2.31. The number of nitrogens with one attached hydrogen (secondary N) is 1. The largest absolute Gasteiger partial charge is 0.370 e. The van der Waals surface area contributed by atoms with E-state index in [4.69, 9.17) is 11.6 Å². The van der Waals surface area contributed by atoms with Crippen LogP contribution in [0.3, 0.4) is 0 Å². The first-order valence-electron chi connectivity index (χ1n) is 9.69. The number of aromatic nitrogens is 1. The van der Waals surface area contributed by atoms with Gasteiger partial charge in [0.2, 0.25) is 10.0 Å². The van der Waals surface area contributed by atoms with Crippen LogP contribution in [0.4, 0.5) is 11.4 Å². The molecule has 7 nitrogen and oxygen atoms in total. The molecular formula is C20H25ClN4O3S. The minimum absolute atomic E-state index is 0.151. The molecule has 1 N–H and O–H groups in total. The van der Waals surface area contributed by atoms with Crippen molar-refractivity contribution in [1.82, 2.24) is 9.29 Å².